The summed E-state index contributed by atoms with van der Waals surface area (Å²) in [5.41, 5.74) is 1.61. The topological polar surface area (TPSA) is 25.8 Å². The summed E-state index contributed by atoms with van der Waals surface area (Å²) in [6, 6.07) is 0. The first-order chi connectivity index (χ1) is 6.73. The third kappa shape index (κ3) is 2.46. The highest BCUT2D eigenvalue weighted by atomic mass is 19.4. The third-order valence-electron chi connectivity index (χ3n) is 2.16. The lowest BCUT2D eigenvalue weighted by Gasteiger charge is -2.14. The molecule has 0 aliphatic carbocycles. The minimum absolute atomic E-state index is 0.132. The van der Waals surface area contributed by atoms with Crippen LogP contribution < -0.4 is 0 Å². The van der Waals surface area contributed by atoms with E-state index in [2.05, 4.69) is 9.97 Å². The molecule has 2 nitrogen and oxygen atoms in total. The number of hydrogen-bond donors (Lipinski definition) is 0. The lowest BCUT2D eigenvalue weighted by molar-refractivity contribution is -0.145. The van der Waals surface area contributed by atoms with Gasteiger partial charge in [-0.2, -0.15) is 13.2 Å². The Morgan fingerprint density at radius 2 is 1.40 bits per heavy atom. The maximum Gasteiger partial charge on any atom is 0.451 e. The average molecular weight is 218 g/mol. The average Bonchev–Trinajstić information content (AvgIpc) is 1.99. The van der Waals surface area contributed by atoms with E-state index in [0.717, 1.165) is 5.56 Å². The molecule has 15 heavy (non-hydrogen) atoms. The SMILES string of the molecule is Cc1nc(C(F)(F)F)nc(C)c1C(C)C. The van der Waals surface area contributed by atoms with Crippen LogP contribution in [0.5, 0.6) is 0 Å². The van der Waals surface area contributed by atoms with Crippen molar-refractivity contribution in [1.29, 1.82) is 0 Å². The van der Waals surface area contributed by atoms with Crippen molar-refractivity contribution >= 4 is 0 Å². The zero-order chi connectivity index (χ0) is 11.8. The fraction of sp³-hybridized carbons (Fsp3) is 0.600. The van der Waals surface area contributed by atoms with E-state index in [9.17, 15) is 13.2 Å². The normalized spacial score (nSPS) is 12.3. The Morgan fingerprint density at radius 1 is 1.00 bits per heavy atom. The molecule has 1 aromatic heterocycles. The molecule has 0 aliphatic heterocycles. The van der Waals surface area contributed by atoms with Gasteiger partial charge in [-0.05, 0) is 25.3 Å². The summed E-state index contributed by atoms with van der Waals surface area (Å²) >= 11 is 0. The number of halogens is 3. The summed E-state index contributed by atoms with van der Waals surface area (Å²) in [5, 5.41) is 0. The van der Waals surface area contributed by atoms with Crippen molar-refractivity contribution in [3.8, 4) is 0 Å². The van der Waals surface area contributed by atoms with Crippen LogP contribution in [-0.2, 0) is 6.18 Å². The first kappa shape index (κ1) is 11.9. The van der Waals surface area contributed by atoms with Gasteiger partial charge in [0.05, 0.1) is 0 Å². The van der Waals surface area contributed by atoms with E-state index < -0.39 is 12.0 Å². The summed E-state index contributed by atoms with van der Waals surface area (Å²) in [6.07, 6.45) is -4.47. The van der Waals surface area contributed by atoms with Crippen LogP contribution in [0.1, 0.15) is 42.5 Å². The van der Waals surface area contributed by atoms with Gasteiger partial charge in [0, 0.05) is 11.4 Å². The molecule has 0 radical (unpaired) electrons. The lowest BCUT2D eigenvalue weighted by Crippen LogP contribution is -2.15. The van der Waals surface area contributed by atoms with Crippen LogP contribution >= 0.6 is 0 Å². The zero-order valence-electron chi connectivity index (χ0n) is 9.11. The minimum atomic E-state index is -4.47. The zero-order valence-corrected chi connectivity index (χ0v) is 9.11. The number of hydrogen-bond acceptors (Lipinski definition) is 2. The Morgan fingerprint density at radius 3 is 1.67 bits per heavy atom. The molecule has 0 bridgehead atoms. The van der Waals surface area contributed by atoms with Crippen LogP contribution in [0.25, 0.3) is 0 Å². The Hall–Kier alpha value is -1.13. The molecule has 5 heteroatoms. The number of nitrogens with zero attached hydrogens (tertiary/aromatic N) is 2. The number of aromatic nitrogens is 2. The van der Waals surface area contributed by atoms with Gasteiger partial charge in [-0.3, -0.25) is 0 Å². The van der Waals surface area contributed by atoms with E-state index in [-0.39, 0.29) is 5.92 Å². The second-order valence-corrected chi connectivity index (χ2v) is 3.78. The predicted molar refractivity (Wildman–Crippen MR) is 50.6 cm³/mol. The van der Waals surface area contributed by atoms with Crippen LogP contribution in [0.4, 0.5) is 13.2 Å². The first-order valence-corrected chi connectivity index (χ1v) is 4.65. The standard InChI is InChI=1S/C10H13F3N2/c1-5(2)8-6(3)14-9(10(11,12)13)15-7(8)4/h5H,1-4H3. The molecule has 0 amide bonds. The van der Waals surface area contributed by atoms with E-state index in [1.807, 2.05) is 13.8 Å². The van der Waals surface area contributed by atoms with Crippen molar-refractivity contribution in [3.63, 3.8) is 0 Å². The van der Waals surface area contributed by atoms with Crippen LogP contribution in [0.3, 0.4) is 0 Å². The van der Waals surface area contributed by atoms with E-state index in [0.29, 0.717) is 11.4 Å². The Labute approximate surface area is 86.6 Å². The molecule has 1 rings (SSSR count). The molecular weight excluding hydrogens is 205 g/mol. The molecule has 1 heterocycles. The molecule has 0 unspecified atom stereocenters. The van der Waals surface area contributed by atoms with Gasteiger partial charge >= 0.3 is 6.18 Å². The van der Waals surface area contributed by atoms with Crippen molar-refractivity contribution in [2.45, 2.75) is 39.8 Å². The largest absolute Gasteiger partial charge is 0.451 e. The van der Waals surface area contributed by atoms with Gasteiger partial charge in [-0.1, -0.05) is 13.8 Å². The summed E-state index contributed by atoms with van der Waals surface area (Å²) < 4.78 is 37.1. The maximum atomic E-state index is 12.4. The van der Waals surface area contributed by atoms with Crippen LogP contribution in [0.2, 0.25) is 0 Å². The lowest BCUT2D eigenvalue weighted by atomic mass is 10.0. The summed E-state index contributed by atoms with van der Waals surface area (Å²) in [6.45, 7) is 6.98. The van der Waals surface area contributed by atoms with Gasteiger partial charge in [0.1, 0.15) is 0 Å². The van der Waals surface area contributed by atoms with Crippen LogP contribution in [0.15, 0.2) is 0 Å². The Balaban J connectivity index is 3.32. The molecule has 0 atom stereocenters. The fourth-order valence-corrected chi connectivity index (χ4v) is 1.69. The summed E-state index contributed by atoms with van der Waals surface area (Å²) in [5.74, 6) is -0.922. The van der Waals surface area contributed by atoms with Gasteiger partial charge in [-0.25, -0.2) is 9.97 Å². The highest BCUT2D eigenvalue weighted by Crippen LogP contribution is 2.29. The van der Waals surface area contributed by atoms with E-state index in [1.54, 1.807) is 13.8 Å². The van der Waals surface area contributed by atoms with Crippen LogP contribution in [-0.4, -0.2) is 9.97 Å². The predicted octanol–water partition coefficient (Wildman–Crippen LogP) is 3.24. The number of aryl methyl sites for hydroxylation is 2. The highest BCUT2D eigenvalue weighted by molar-refractivity contribution is 5.27. The van der Waals surface area contributed by atoms with Gasteiger partial charge in [0.2, 0.25) is 5.82 Å². The molecule has 0 aromatic carbocycles. The van der Waals surface area contributed by atoms with Gasteiger partial charge < -0.3 is 0 Å². The number of alkyl halides is 3. The second kappa shape index (κ2) is 3.79. The highest BCUT2D eigenvalue weighted by Gasteiger charge is 2.35. The summed E-state index contributed by atoms with van der Waals surface area (Å²) in [7, 11) is 0. The smallest absolute Gasteiger partial charge is 0.229 e. The van der Waals surface area contributed by atoms with E-state index in [4.69, 9.17) is 0 Å². The maximum absolute atomic E-state index is 12.4. The number of rotatable bonds is 1. The molecule has 0 spiro atoms. The van der Waals surface area contributed by atoms with Gasteiger partial charge in [0.25, 0.3) is 0 Å². The van der Waals surface area contributed by atoms with Gasteiger partial charge in [-0.15, -0.1) is 0 Å². The quantitative estimate of drug-likeness (QED) is 0.723. The fourth-order valence-electron chi connectivity index (χ4n) is 1.69. The van der Waals surface area contributed by atoms with Gasteiger partial charge in [0.15, 0.2) is 0 Å². The van der Waals surface area contributed by atoms with Crippen molar-refractivity contribution in [2.24, 2.45) is 0 Å². The summed E-state index contributed by atoms with van der Waals surface area (Å²) in [4.78, 5) is 6.98. The Kier molecular flexibility index (Phi) is 3.02. The first-order valence-electron chi connectivity index (χ1n) is 4.65. The molecule has 0 saturated heterocycles. The van der Waals surface area contributed by atoms with E-state index >= 15 is 0 Å². The Bertz CT molecular complexity index is 346. The molecule has 1 aromatic rings. The third-order valence-corrected chi connectivity index (χ3v) is 2.16. The van der Waals surface area contributed by atoms with Crippen LogP contribution in [0, 0.1) is 13.8 Å². The van der Waals surface area contributed by atoms with Crippen molar-refractivity contribution < 1.29 is 13.2 Å². The van der Waals surface area contributed by atoms with Crippen molar-refractivity contribution in [2.75, 3.05) is 0 Å². The van der Waals surface area contributed by atoms with Crippen molar-refractivity contribution in [1.82, 2.24) is 9.97 Å². The monoisotopic (exact) mass is 218 g/mol. The minimum Gasteiger partial charge on any atom is -0.229 e. The molecule has 0 fully saturated rings. The second-order valence-electron chi connectivity index (χ2n) is 3.78. The molecule has 0 N–H and O–H groups in total. The molecule has 0 aliphatic rings. The molecule has 84 valence electrons. The molecule has 0 saturated carbocycles. The van der Waals surface area contributed by atoms with Crippen molar-refractivity contribution in [3.05, 3.63) is 22.8 Å². The van der Waals surface area contributed by atoms with E-state index in [1.165, 1.54) is 0 Å². The molecular formula is C10H13F3N2.